The van der Waals surface area contributed by atoms with Crippen molar-refractivity contribution in [3.05, 3.63) is 59.7 Å². The summed E-state index contributed by atoms with van der Waals surface area (Å²) in [4.78, 5) is 12.0. The van der Waals surface area contributed by atoms with Crippen LogP contribution in [0.2, 0.25) is 0 Å². The van der Waals surface area contributed by atoms with Gasteiger partial charge in [0.15, 0.2) is 5.60 Å². The van der Waals surface area contributed by atoms with Crippen molar-refractivity contribution in [2.45, 2.75) is 18.1 Å². The molecule has 1 atom stereocenters. The fraction of sp³-hybridized carbons (Fsp3) is 0.250. The van der Waals surface area contributed by atoms with Crippen molar-refractivity contribution < 1.29 is 9.90 Å². The Balaban J connectivity index is 1.65. The maximum atomic E-state index is 12.0. The first-order chi connectivity index (χ1) is 12.5. The number of hydrogen-bond donors (Lipinski definition) is 3. The smallest absolute Gasteiger partial charge is 0.255 e. The fourth-order valence-corrected chi connectivity index (χ4v) is 2.75. The van der Waals surface area contributed by atoms with Crippen LogP contribution in [-0.4, -0.2) is 35.7 Å². The number of nitrogens with zero attached hydrogens (tertiary/aromatic N) is 2. The van der Waals surface area contributed by atoms with Crippen molar-refractivity contribution in [3.63, 3.8) is 0 Å². The Bertz CT molecular complexity index is 872. The van der Waals surface area contributed by atoms with Gasteiger partial charge in [0.1, 0.15) is 6.04 Å². The van der Waals surface area contributed by atoms with E-state index in [0.717, 1.165) is 16.7 Å². The molecule has 1 amide bonds. The highest BCUT2D eigenvalue weighted by molar-refractivity contribution is 5.87. The van der Waals surface area contributed by atoms with Crippen molar-refractivity contribution in [2.24, 2.45) is 0 Å². The lowest BCUT2D eigenvalue weighted by Crippen LogP contribution is -2.68. The predicted molar refractivity (Wildman–Crippen MR) is 95.7 cm³/mol. The second-order valence-corrected chi connectivity index (χ2v) is 6.38. The van der Waals surface area contributed by atoms with Gasteiger partial charge >= 0.3 is 0 Å². The largest absolute Gasteiger partial charge is 0.377 e. The molecule has 1 aliphatic heterocycles. The molecule has 0 spiro atoms. The molecular formula is C20H18N4O2. The zero-order chi connectivity index (χ0) is 18.6. The summed E-state index contributed by atoms with van der Waals surface area (Å²) in [5.41, 5.74) is 2.12. The quantitative estimate of drug-likeness (QED) is 0.751. The minimum absolute atomic E-state index is 0.205. The highest BCUT2D eigenvalue weighted by Gasteiger charge is 2.42. The van der Waals surface area contributed by atoms with Crippen molar-refractivity contribution >= 4 is 5.91 Å². The standard InChI is InChI=1S/C20H18N4O2/c21-10-15-3-7-17(8-4-15)16-5-1-14(2-6-16)9-18(11-22)24-19(25)20(26)12-23-13-20/h1-8,18,23,26H,9,12-13H2,(H,24,25). The van der Waals surface area contributed by atoms with E-state index in [4.69, 9.17) is 5.26 Å². The predicted octanol–water partition coefficient (Wildman–Crippen LogP) is 1.11. The number of β-amino-alcohol motifs (C(OH)–C–C–N with tert-alkyl or cyclic N) is 1. The van der Waals surface area contributed by atoms with Crippen LogP contribution in [0.3, 0.4) is 0 Å². The highest BCUT2D eigenvalue weighted by Crippen LogP contribution is 2.21. The Kier molecular flexibility index (Phi) is 4.99. The van der Waals surface area contributed by atoms with E-state index in [1.54, 1.807) is 12.1 Å². The van der Waals surface area contributed by atoms with Gasteiger partial charge in [-0.25, -0.2) is 0 Å². The Hall–Kier alpha value is -3.19. The molecule has 6 nitrogen and oxygen atoms in total. The van der Waals surface area contributed by atoms with Gasteiger partial charge in [-0.15, -0.1) is 0 Å². The zero-order valence-corrected chi connectivity index (χ0v) is 14.1. The van der Waals surface area contributed by atoms with Crippen LogP contribution in [0, 0.1) is 22.7 Å². The number of rotatable bonds is 5. The molecule has 26 heavy (non-hydrogen) atoms. The molecular weight excluding hydrogens is 328 g/mol. The summed E-state index contributed by atoms with van der Waals surface area (Å²) in [7, 11) is 0. The molecule has 0 aliphatic carbocycles. The molecule has 1 saturated heterocycles. The molecule has 0 radical (unpaired) electrons. The number of carbonyl (C=O) groups is 1. The van der Waals surface area contributed by atoms with E-state index < -0.39 is 17.6 Å². The molecule has 1 heterocycles. The molecule has 3 rings (SSSR count). The molecule has 6 heteroatoms. The SMILES string of the molecule is N#Cc1ccc(-c2ccc(CC(C#N)NC(=O)C3(O)CNC3)cc2)cc1. The van der Waals surface area contributed by atoms with Crippen LogP contribution in [0.25, 0.3) is 11.1 Å². The second kappa shape index (κ2) is 7.37. The fourth-order valence-electron chi connectivity index (χ4n) is 2.75. The van der Waals surface area contributed by atoms with Crippen molar-refractivity contribution in [1.82, 2.24) is 10.6 Å². The van der Waals surface area contributed by atoms with E-state index in [1.165, 1.54) is 0 Å². The van der Waals surface area contributed by atoms with E-state index in [-0.39, 0.29) is 13.1 Å². The van der Waals surface area contributed by atoms with Gasteiger partial charge in [0.2, 0.25) is 0 Å². The summed E-state index contributed by atoms with van der Waals surface area (Å²) < 4.78 is 0. The van der Waals surface area contributed by atoms with Crippen LogP contribution in [0.5, 0.6) is 0 Å². The highest BCUT2D eigenvalue weighted by atomic mass is 16.3. The first-order valence-corrected chi connectivity index (χ1v) is 8.27. The van der Waals surface area contributed by atoms with E-state index in [1.807, 2.05) is 36.4 Å². The Morgan fingerprint density at radius 2 is 1.69 bits per heavy atom. The summed E-state index contributed by atoms with van der Waals surface area (Å²) in [5.74, 6) is -0.517. The van der Waals surface area contributed by atoms with Crippen LogP contribution in [-0.2, 0) is 11.2 Å². The maximum absolute atomic E-state index is 12.0. The number of nitriles is 2. The molecule has 3 N–H and O–H groups in total. The lowest BCUT2D eigenvalue weighted by molar-refractivity contribution is -0.145. The third-order valence-electron chi connectivity index (χ3n) is 4.46. The summed E-state index contributed by atoms with van der Waals surface area (Å²) in [6, 6.07) is 18.5. The molecule has 0 aromatic heterocycles. The van der Waals surface area contributed by atoms with Gasteiger partial charge in [0.25, 0.3) is 5.91 Å². The van der Waals surface area contributed by atoms with Gasteiger partial charge in [-0.3, -0.25) is 4.79 Å². The number of aliphatic hydroxyl groups is 1. The third kappa shape index (κ3) is 3.73. The molecule has 1 aliphatic rings. The van der Waals surface area contributed by atoms with Gasteiger partial charge in [-0.05, 0) is 28.8 Å². The van der Waals surface area contributed by atoms with Crippen LogP contribution in [0.1, 0.15) is 11.1 Å². The number of amides is 1. The van der Waals surface area contributed by atoms with Crippen LogP contribution in [0.15, 0.2) is 48.5 Å². The van der Waals surface area contributed by atoms with Gasteiger partial charge < -0.3 is 15.7 Å². The first kappa shape index (κ1) is 17.6. The summed E-state index contributed by atoms with van der Waals surface area (Å²) in [5, 5.41) is 33.6. The topological polar surface area (TPSA) is 109 Å². The Labute approximate surface area is 151 Å². The van der Waals surface area contributed by atoms with Crippen LogP contribution < -0.4 is 10.6 Å². The molecule has 1 fully saturated rings. The Morgan fingerprint density at radius 3 is 2.15 bits per heavy atom. The maximum Gasteiger partial charge on any atom is 0.255 e. The average Bonchev–Trinajstić information content (AvgIpc) is 2.66. The average molecular weight is 346 g/mol. The summed E-state index contributed by atoms with van der Waals surface area (Å²) in [6.07, 6.45) is 0.361. The normalized spacial score (nSPS) is 15.8. The van der Waals surface area contributed by atoms with Crippen molar-refractivity contribution in [2.75, 3.05) is 13.1 Å². The molecule has 2 aromatic carbocycles. The number of carbonyl (C=O) groups excluding carboxylic acids is 1. The number of hydrogen-bond acceptors (Lipinski definition) is 5. The number of benzene rings is 2. The van der Waals surface area contributed by atoms with E-state index in [0.29, 0.717) is 12.0 Å². The molecule has 0 saturated carbocycles. The van der Waals surface area contributed by atoms with E-state index >= 15 is 0 Å². The minimum atomic E-state index is -1.41. The Morgan fingerprint density at radius 1 is 1.12 bits per heavy atom. The van der Waals surface area contributed by atoms with Crippen molar-refractivity contribution in [3.8, 4) is 23.3 Å². The van der Waals surface area contributed by atoms with E-state index in [9.17, 15) is 15.2 Å². The zero-order valence-electron chi connectivity index (χ0n) is 14.1. The molecule has 130 valence electrons. The number of nitrogens with one attached hydrogen (secondary N) is 2. The van der Waals surface area contributed by atoms with Crippen LogP contribution in [0.4, 0.5) is 0 Å². The molecule has 1 unspecified atom stereocenters. The summed E-state index contributed by atoms with van der Waals surface area (Å²) >= 11 is 0. The molecule has 0 bridgehead atoms. The summed E-state index contributed by atoms with van der Waals surface area (Å²) in [6.45, 7) is 0.409. The first-order valence-electron chi connectivity index (χ1n) is 8.27. The van der Waals surface area contributed by atoms with Gasteiger partial charge in [0, 0.05) is 19.5 Å². The van der Waals surface area contributed by atoms with Gasteiger partial charge in [-0.2, -0.15) is 10.5 Å². The second-order valence-electron chi connectivity index (χ2n) is 6.38. The van der Waals surface area contributed by atoms with E-state index in [2.05, 4.69) is 22.8 Å². The minimum Gasteiger partial charge on any atom is -0.377 e. The molecule has 2 aromatic rings. The lowest BCUT2D eigenvalue weighted by Gasteiger charge is -2.36. The van der Waals surface area contributed by atoms with Gasteiger partial charge in [-0.1, -0.05) is 36.4 Å². The van der Waals surface area contributed by atoms with Crippen molar-refractivity contribution in [1.29, 1.82) is 10.5 Å². The van der Waals surface area contributed by atoms with Gasteiger partial charge in [0.05, 0.1) is 17.7 Å². The monoisotopic (exact) mass is 346 g/mol. The van der Waals surface area contributed by atoms with Crippen LogP contribution >= 0.6 is 0 Å². The lowest BCUT2D eigenvalue weighted by atomic mass is 9.95. The third-order valence-corrected chi connectivity index (χ3v) is 4.46.